The molecule has 0 amide bonds. The number of hydrogen-bond acceptors (Lipinski definition) is 5. The molecule has 21 heavy (non-hydrogen) atoms. The van der Waals surface area contributed by atoms with Gasteiger partial charge in [-0.3, -0.25) is 0 Å². The van der Waals surface area contributed by atoms with Gasteiger partial charge in [-0.1, -0.05) is 0 Å². The van der Waals surface area contributed by atoms with E-state index in [4.69, 9.17) is 9.47 Å². The number of unbranched alkanes of at least 4 members (excludes halogenated alkanes) is 2. The summed E-state index contributed by atoms with van der Waals surface area (Å²) in [5, 5.41) is 3.39. The van der Waals surface area contributed by atoms with Crippen LogP contribution in [0.25, 0.3) is 0 Å². The van der Waals surface area contributed by atoms with Gasteiger partial charge in [0.2, 0.25) is 10.0 Å². The minimum atomic E-state index is -3.11. The smallest absolute Gasteiger partial charge is 0.211 e. The van der Waals surface area contributed by atoms with Crippen LogP contribution in [0.5, 0.6) is 0 Å². The number of nitrogens with one attached hydrogen (secondary N) is 2. The van der Waals surface area contributed by atoms with Crippen molar-refractivity contribution in [2.45, 2.75) is 44.6 Å². The van der Waals surface area contributed by atoms with Crippen molar-refractivity contribution in [2.24, 2.45) is 0 Å². The van der Waals surface area contributed by atoms with Gasteiger partial charge >= 0.3 is 0 Å². The second kappa shape index (κ2) is 11.4. The van der Waals surface area contributed by atoms with Crippen LogP contribution >= 0.6 is 0 Å². The molecule has 1 aliphatic carbocycles. The molecule has 0 unspecified atom stereocenters. The highest BCUT2D eigenvalue weighted by Gasteiger charge is 2.19. The Balaban J connectivity index is 1.86. The van der Waals surface area contributed by atoms with Crippen molar-refractivity contribution in [3.05, 3.63) is 0 Å². The lowest BCUT2D eigenvalue weighted by atomic mass is 10.3. The summed E-state index contributed by atoms with van der Waals surface area (Å²) in [5.74, 6) is 0.226. The second-order valence-corrected chi connectivity index (χ2v) is 7.39. The van der Waals surface area contributed by atoms with Crippen LogP contribution in [0.2, 0.25) is 0 Å². The van der Waals surface area contributed by atoms with Crippen LogP contribution in [-0.2, 0) is 19.5 Å². The second-order valence-electron chi connectivity index (χ2n) is 5.46. The van der Waals surface area contributed by atoms with Gasteiger partial charge in [0, 0.05) is 26.3 Å². The number of hydrogen-bond donors (Lipinski definition) is 2. The molecule has 0 spiro atoms. The highest BCUT2D eigenvalue weighted by molar-refractivity contribution is 7.89. The van der Waals surface area contributed by atoms with E-state index >= 15 is 0 Å². The van der Waals surface area contributed by atoms with E-state index in [1.165, 1.54) is 12.8 Å². The average Bonchev–Trinajstić information content (AvgIpc) is 3.25. The van der Waals surface area contributed by atoms with Crippen molar-refractivity contribution in [1.82, 2.24) is 10.0 Å². The molecule has 1 fully saturated rings. The molecule has 1 aliphatic rings. The topological polar surface area (TPSA) is 76.7 Å². The fourth-order valence-corrected chi connectivity index (χ4v) is 3.07. The maximum absolute atomic E-state index is 11.7. The summed E-state index contributed by atoms with van der Waals surface area (Å²) in [6.45, 7) is 3.27. The number of sulfonamides is 1. The molecule has 0 aliphatic heterocycles. The molecule has 0 aromatic heterocycles. The van der Waals surface area contributed by atoms with Crippen LogP contribution < -0.4 is 10.0 Å². The zero-order valence-corrected chi connectivity index (χ0v) is 13.9. The van der Waals surface area contributed by atoms with Gasteiger partial charge in [-0.05, 0) is 45.1 Å². The van der Waals surface area contributed by atoms with E-state index in [2.05, 4.69) is 10.0 Å². The summed E-state index contributed by atoms with van der Waals surface area (Å²) in [6.07, 6.45) is 5.84. The molecule has 1 saturated carbocycles. The van der Waals surface area contributed by atoms with Gasteiger partial charge in [0.1, 0.15) is 0 Å². The van der Waals surface area contributed by atoms with E-state index in [0.29, 0.717) is 32.4 Å². The van der Waals surface area contributed by atoms with E-state index in [1.807, 2.05) is 0 Å². The first-order valence-electron chi connectivity index (χ1n) is 7.91. The first-order valence-corrected chi connectivity index (χ1v) is 9.56. The number of ether oxygens (including phenoxy) is 2. The van der Waals surface area contributed by atoms with Crippen LogP contribution in [0, 0.1) is 0 Å². The van der Waals surface area contributed by atoms with Crippen molar-refractivity contribution in [3.63, 3.8) is 0 Å². The maximum atomic E-state index is 11.7. The lowest BCUT2D eigenvalue weighted by Gasteiger charge is -2.07. The Morgan fingerprint density at radius 2 is 1.76 bits per heavy atom. The molecule has 0 radical (unpaired) electrons. The summed E-state index contributed by atoms with van der Waals surface area (Å²) in [6, 6.07) is 0.700. The fourth-order valence-electron chi connectivity index (χ4n) is 1.88. The molecular formula is C14H30N2O4S. The van der Waals surface area contributed by atoms with Crippen LogP contribution in [0.4, 0.5) is 0 Å². The summed E-state index contributed by atoms with van der Waals surface area (Å²) < 4.78 is 36.3. The Bertz CT molecular complexity index is 345. The third-order valence-corrected chi connectivity index (χ3v) is 4.79. The Morgan fingerprint density at radius 3 is 2.48 bits per heavy atom. The lowest BCUT2D eigenvalue weighted by molar-refractivity contribution is 0.0689. The van der Waals surface area contributed by atoms with Gasteiger partial charge in [-0.15, -0.1) is 0 Å². The van der Waals surface area contributed by atoms with Gasteiger partial charge in [-0.25, -0.2) is 13.1 Å². The van der Waals surface area contributed by atoms with Gasteiger partial charge in [0.05, 0.1) is 19.0 Å². The molecule has 126 valence electrons. The third kappa shape index (κ3) is 12.1. The minimum Gasteiger partial charge on any atom is -0.382 e. The van der Waals surface area contributed by atoms with Crippen LogP contribution in [-0.4, -0.2) is 60.2 Å². The van der Waals surface area contributed by atoms with Crippen LogP contribution in [0.1, 0.15) is 38.5 Å². The lowest BCUT2D eigenvalue weighted by Crippen LogP contribution is -2.28. The van der Waals surface area contributed by atoms with Crippen molar-refractivity contribution >= 4 is 10.0 Å². The molecule has 2 N–H and O–H groups in total. The summed E-state index contributed by atoms with van der Waals surface area (Å²) in [7, 11) is -1.47. The Hall–Kier alpha value is -0.210. The highest BCUT2D eigenvalue weighted by Crippen LogP contribution is 2.18. The van der Waals surface area contributed by atoms with Crippen molar-refractivity contribution < 1.29 is 17.9 Å². The molecule has 1 rings (SSSR count). The molecule has 6 nitrogen and oxygen atoms in total. The summed E-state index contributed by atoms with van der Waals surface area (Å²) in [4.78, 5) is 0. The van der Waals surface area contributed by atoms with E-state index < -0.39 is 10.0 Å². The Kier molecular flexibility index (Phi) is 10.2. The van der Waals surface area contributed by atoms with Crippen LogP contribution in [0.3, 0.4) is 0 Å². The third-order valence-electron chi connectivity index (χ3n) is 3.32. The molecular weight excluding hydrogens is 292 g/mol. The predicted octanol–water partition coefficient (Wildman–Crippen LogP) is 0.881. The molecule has 0 bridgehead atoms. The van der Waals surface area contributed by atoms with E-state index in [-0.39, 0.29) is 5.75 Å². The normalized spacial score (nSPS) is 15.5. The van der Waals surface area contributed by atoms with Gasteiger partial charge in [0.15, 0.2) is 0 Å². The van der Waals surface area contributed by atoms with Crippen molar-refractivity contribution in [3.8, 4) is 0 Å². The Labute approximate surface area is 129 Å². The summed E-state index contributed by atoms with van der Waals surface area (Å²) in [5.41, 5.74) is 0. The van der Waals surface area contributed by atoms with E-state index in [0.717, 1.165) is 32.2 Å². The minimum absolute atomic E-state index is 0.226. The van der Waals surface area contributed by atoms with Crippen LogP contribution in [0.15, 0.2) is 0 Å². The van der Waals surface area contributed by atoms with E-state index in [9.17, 15) is 8.42 Å². The van der Waals surface area contributed by atoms with Gasteiger partial charge < -0.3 is 14.8 Å². The quantitative estimate of drug-likeness (QED) is 0.438. The molecule has 0 heterocycles. The molecule has 0 aromatic carbocycles. The highest BCUT2D eigenvalue weighted by atomic mass is 32.2. The monoisotopic (exact) mass is 322 g/mol. The van der Waals surface area contributed by atoms with Crippen molar-refractivity contribution in [1.29, 1.82) is 0 Å². The molecule has 7 heteroatoms. The van der Waals surface area contributed by atoms with Crippen molar-refractivity contribution in [2.75, 3.05) is 45.8 Å². The zero-order valence-electron chi connectivity index (χ0n) is 13.1. The number of methoxy groups -OCH3 is 1. The number of rotatable bonds is 15. The molecule has 0 atom stereocenters. The standard InChI is InChI=1S/C14H30N2O4S/c1-19-11-12-20-10-4-2-9-16-21(17,18)13-5-3-8-15-14-6-7-14/h14-16H,2-13H2,1H3. The summed E-state index contributed by atoms with van der Waals surface area (Å²) >= 11 is 0. The predicted molar refractivity (Wildman–Crippen MR) is 84.0 cm³/mol. The first-order chi connectivity index (χ1) is 10.1. The molecule has 0 saturated heterocycles. The maximum Gasteiger partial charge on any atom is 0.211 e. The Morgan fingerprint density at radius 1 is 1.00 bits per heavy atom. The first kappa shape index (κ1) is 18.8. The van der Waals surface area contributed by atoms with Gasteiger partial charge in [-0.2, -0.15) is 0 Å². The zero-order chi connectivity index (χ0) is 15.4. The van der Waals surface area contributed by atoms with E-state index in [1.54, 1.807) is 7.11 Å². The average molecular weight is 322 g/mol. The SMILES string of the molecule is COCCOCCCCNS(=O)(=O)CCCCNC1CC1. The largest absolute Gasteiger partial charge is 0.382 e. The fraction of sp³-hybridized carbons (Fsp3) is 1.00. The molecule has 0 aromatic rings. The van der Waals surface area contributed by atoms with Gasteiger partial charge in [0.25, 0.3) is 0 Å².